The number of halogens is 1. The average molecular weight is 261 g/mol. The fourth-order valence-electron chi connectivity index (χ4n) is 2.88. The SMILES string of the molecule is CC(CBr)CC1CCOC2(CCC2)C1. The van der Waals surface area contributed by atoms with Crippen LogP contribution in [0.1, 0.15) is 45.4 Å². The standard InChI is InChI=1S/C12H21BrO/c1-10(9-13)7-11-3-6-14-12(8-11)4-2-5-12/h10-11H,2-9H2,1H3. The van der Waals surface area contributed by atoms with Gasteiger partial charge in [0, 0.05) is 11.9 Å². The quantitative estimate of drug-likeness (QED) is 0.703. The highest BCUT2D eigenvalue weighted by Gasteiger charge is 2.42. The van der Waals surface area contributed by atoms with Crippen LogP contribution in [0.2, 0.25) is 0 Å². The third-order valence-corrected chi connectivity index (χ3v) is 4.96. The molecule has 2 rings (SSSR count). The van der Waals surface area contributed by atoms with Gasteiger partial charge in [0.1, 0.15) is 0 Å². The van der Waals surface area contributed by atoms with E-state index >= 15 is 0 Å². The lowest BCUT2D eigenvalue weighted by molar-refractivity contribution is -0.145. The van der Waals surface area contributed by atoms with Crippen LogP contribution in [0.25, 0.3) is 0 Å². The van der Waals surface area contributed by atoms with E-state index in [-0.39, 0.29) is 0 Å². The topological polar surface area (TPSA) is 9.23 Å². The molecule has 2 fully saturated rings. The van der Waals surface area contributed by atoms with Gasteiger partial charge in [-0.15, -0.1) is 0 Å². The van der Waals surface area contributed by atoms with Gasteiger partial charge in [-0.05, 0) is 50.4 Å². The second kappa shape index (κ2) is 4.52. The molecular formula is C12H21BrO. The van der Waals surface area contributed by atoms with E-state index in [4.69, 9.17) is 4.74 Å². The van der Waals surface area contributed by atoms with Crippen molar-refractivity contribution >= 4 is 15.9 Å². The highest BCUT2D eigenvalue weighted by molar-refractivity contribution is 9.09. The molecule has 2 aliphatic rings. The zero-order valence-electron chi connectivity index (χ0n) is 9.10. The summed E-state index contributed by atoms with van der Waals surface area (Å²) in [6, 6.07) is 0. The maximum atomic E-state index is 5.94. The molecule has 0 aromatic heterocycles. The van der Waals surface area contributed by atoms with Crippen LogP contribution in [0, 0.1) is 11.8 Å². The molecule has 1 nitrogen and oxygen atoms in total. The molecule has 1 aliphatic carbocycles. The van der Waals surface area contributed by atoms with Crippen LogP contribution in [0.15, 0.2) is 0 Å². The van der Waals surface area contributed by atoms with E-state index in [2.05, 4.69) is 22.9 Å². The summed E-state index contributed by atoms with van der Waals surface area (Å²) in [7, 11) is 0. The number of alkyl halides is 1. The van der Waals surface area contributed by atoms with Crippen molar-refractivity contribution in [3.05, 3.63) is 0 Å². The molecule has 2 atom stereocenters. The minimum atomic E-state index is 0.342. The predicted octanol–water partition coefficient (Wildman–Crippen LogP) is 3.76. The molecule has 0 N–H and O–H groups in total. The molecule has 0 bridgehead atoms. The van der Waals surface area contributed by atoms with E-state index in [9.17, 15) is 0 Å². The van der Waals surface area contributed by atoms with Gasteiger partial charge >= 0.3 is 0 Å². The molecule has 1 heterocycles. The molecule has 0 amide bonds. The molecule has 1 spiro atoms. The third-order valence-electron chi connectivity index (χ3n) is 3.86. The first kappa shape index (κ1) is 10.9. The molecule has 2 unspecified atom stereocenters. The van der Waals surface area contributed by atoms with Gasteiger partial charge in [0.05, 0.1) is 5.60 Å². The van der Waals surface area contributed by atoms with Crippen LogP contribution < -0.4 is 0 Å². The summed E-state index contributed by atoms with van der Waals surface area (Å²) in [5.74, 6) is 1.76. The monoisotopic (exact) mass is 260 g/mol. The van der Waals surface area contributed by atoms with Crippen molar-refractivity contribution in [3.8, 4) is 0 Å². The lowest BCUT2D eigenvalue weighted by Crippen LogP contribution is -2.45. The normalized spacial score (nSPS) is 32.6. The number of hydrogen-bond acceptors (Lipinski definition) is 1. The zero-order valence-corrected chi connectivity index (χ0v) is 10.7. The summed E-state index contributed by atoms with van der Waals surface area (Å²) in [5.41, 5.74) is 0.342. The summed E-state index contributed by atoms with van der Waals surface area (Å²) in [6.07, 6.45) is 8.05. The van der Waals surface area contributed by atoms with Crippen LogP contribution in [-0.4, -0.2) is 17.5 Å². The molecule has 0 aromatic carbocycles. The Labute approximate surface area is 95.7 Å². The van der Waals surface area contributed by atoms with Crippen molar-refractivity contribution in [3.63, 3.8) is 0 Å². The van der Waals surface area contributed by atoms with Crippen molar-refractivity contribution < 1.29 is 4.74 Å². The first-order valence-electron chi connectivity index (χ1n) is 5.94. The summed E-state index contributed by atoms with van der Waals surface area (Å²) in [5, 5.41) is 1.15. The highest BCUT2D eigenvalue weighted by atomic mass is 79.9. The van der Waals surface area contributed by atoms with Gasteiger partial charge in [0.15, 0.2) is 0 Å². The van der Waals surface area contributed by atoms with Gasteiger partial charge in [-0.3, -0.25) is 0 Å². The second-order valence-electron chi connectivity index (χ2n) is 5.24. The molecule has 0 radical (unpaired) electrons. The Morgan fingerprint density at radius 2 is 2.29 bits per heavy atom. The molecule has 82 valence electrons. The molecule has 1 saturated heterocycles. The van der Waals surface area contributed by atoms with Crippen LogP contribution in [0.3, 0.4) is 0 Å². The van der Waals surface area contributed by atoms with Gasteiger partial charge in [0.2, 0.25) is 0 Å². The van der Waals surface area contributed by atoms with E-state index in [0.29, 0.717) is 5.60 Å². The third kappa shape index (κ3) is 2.33. The number of ether oxygens (including phenoxy) is 1. The fraction of sp³-hybridized carbons (Fsp3) is 1.00. The van der Waals surface area contributed by atoms with Gasteiger partial charge < -0.3 is 4.74 Å². The van der Waals surface area contributed by atoms with E-state index in [1.807, 2.05) is 0 Å². The summed E-state index contributed by atoms with van der Waals surface area (Å²) < 4.78 is 5.94. The number of hydrogen-bond donors (Lipinski definition) is 0. The van der Waals surface area contributed by atoms with Crippen LogP contribution >= 0.6 is 15.9 Å². The van der Waals surface area contributed by atoms with E-state index in [0.717, 1.165) is 23.8 Å². The van der Waals surface area contributed by atoms with Crippen molar-refractivity contribution in [1.82, 2.24) is 0 Å². The Hall–Kier alpha value is 0.440. The highest BCUT2D eigenvalue weighted by Crippen LogP contribution is 2.45. The average Bonchev–Trinajstić information content (AvgIpc) is 2.16. The summed E-state index contributed by atoms with van der Waals surface area (Å²) in [4.78, 5) is 0. The minimum Gasteiger partial charge on any atom is -0.375 e. The van der Waals surface area contributed by atoms with Gasteiger partial charge in [-0.25, -0.2) is 0 Å². The molecule has 14 heavy (non-hydrogen) atoms. The Bertz CT molecular complexity index is 189. The van der Waals surface area contributed by atoms with Crippen molar-refractivity contribution in [2.75, 3.05) is 11.9 Å². The first-order valence-corrected chi connectivity index (χ1v) is 7.06. The largest absolute Gasteiger partial charge is 0.375 e. The zero-order chi connectivity index (χ0) is 10.0. The predicted molar refractivity (Wildman–Crippen MR) is 62.8 cm³/mol. The van der Waals surface area contributed by atoms with Crippen LogP contribution in [-0.2, 0) is 4.74 Å². The van der Waals surface area contributed by atoms with Gasteiger partial charge in [-0.2, -0.15) is 0 Å². The first-order chi connectivity index (χ1) is 6.74. The smallest absolute Gasteiger partial charge is 0.0685 e. The Balaban J connectivity index is 1.82. The Morgan fingerprint density at radius 1 is 1.50 bits per heavy atom. The maximum Gasteiger partial charge on any atom is 0.0685 e. The van der Waals surface area contributed by atoms with Crippen molar-refractivity contribution in [2.45, 2.75) is 51.0 Å². The number of rotatable bonds is 3. The Kier molecular flexibility index (Phi) is 3.54. The molecule has 2 heteroatoms. The van der Waals surface area contributed by atoms with Gasteiger partial charge in [-0.1, -0.05) is 22.9 Å². The fourth-order valence-corrected chi connectivity index (χ4v) is 3.15. The van der Waals surface area contributed by atoms with Crippen molar-refractivity contribution in [1.29, 1.82) is 0 Å². The van der Waals surface area contributed by atoms with E-state index < -0.39 is 0 Å². The lowest BCUT2D eigenvalue weighted by atomic mass is 9.70. The maximum absolute atomic E-state index is 5.94. The molecule has 0 aromatic rings. The molecular weight excluding hydrogens is 240 g/mol. The lowest BCUT2D eigenvalue weighted by Gasteiger charge is -2.47. The molecule has 1 saturated carbocycles. The summed E-state index contributed by atoms with van der Waals surface area (Å²) >= 11 is 3.57. The van der Waals surface area contributed by atoms with E-state index in [1.54, 1.807) is 0 Å². The summed E-state index contributed by atoms with van der Waals surface area (Å²) in [6.45, 7) is 3.36. The van der Waals surface area contributed by atoms with E-state index in [1.165, 1.54) is 38.5 Å². The van der Waals surface area contributed by atoms with Crippen LogP contribution in [0.4, 0.5) is 0 Å². The van der Waals surface area contributed by atoms with Crippen LogP contribution in [0.5, 0.6) is 0 Å². The van der Waals surface area contributed by atoms with Gasteiger partial charge in [0.25, 0.3) is 0 Å². The molecule has 1 aliphatic heterocycles. The minimum absolute atomic E-state index is 0.342. The van der Waals surface area contributed by atoms with Crippen molar-refractivity contribution in [2.24, 2.45) is 11.8 Å². The Morgan fingerprint density at radius 3 is 2.86 bits per heavy atom. The second-order valence-corrected chi connectivity index (χ2v) is 5.89.